The summed E-state index contributed by atoms with van der Waals surface area (Å²) < 4.78 is 12.7. The Morgan fingerprint density at radius 3 is 2.33 bits per heavy atom. The second-order valence-electron chi connectivity index (χ2n) is 6.46. The molecule has 0 saturated heterocycles. The number of esters is 1. The summed E-state index contributed by atoms with van der Waals surface area (Å²) in [6, 6.07) is 11.2. The molecule has 0 aromatic heterocycles. The maximum absolute atomic E-state index is 12.0. The van der Waals surface area contributed by atoms with Gasteiger partial charge in [-0.05, 0) is 87.0 Å². The topological polar surface area (TPSA) is 64.6 Å². The molecule has 3 rings (SSSR count). The van der Waals surface area contributed by atoms with Crippen LogP contribution in [0.15, 0.2) is 45.3 Å². The first-order chi connectivity index (χ1) is 12.9. The van der Waals surface area contributed by atoms with Crippen molar-refractivity contribution in [2.24, 2.45) is 0 Å². The van der Waals surface area contributed by atoms with Crippen LogP contribution in [0.2, 0.25) is 0 Å². The van der Waals surface area contributed by atoms with E-state index >= 15 is 0 Å². The summed E-state index contributed by atoms with van der Waals surface area (Å²) >= 11 is 7.00. The molecule has 7 heteroatoms. The van der Waals surface area contributed by atoms with E-state index in [1.807, 2.05) is 19.1 Å². The monoisotopic (exact) mass is 495 g/mol. The third-order valence-corrected chi connectivity index (χ3v) is 5.17. The molecule has 1 fully saturated rings. The van der Waals surface area contributed by atoms with Crippen molar-refractivity contribution < 1.29 is 19.1 Å². The van der Waals surface area contributed by atoms with Gasteiger partial charge in [0.1, 0.15) is 12.4 Å². The zero-order valence-corrected chi connectivity index (χ0v) is 17.9. The highest BCUT2D eigenvalue weighted by atomic mass is 79.9. The number of carbonyl (C=O) groups is 2. The highest BCUT2D eigenvalue weighted by Crippen LogP contribution is 2.35. The van der Waals surface area contributed by atoms with Gasteiger partial charge in [0.2, 0.25) is 0 Å². The molecule has 0 radical (unpaired) electrons. The molecule has 142 valence electrons. The third-order valence-electron chi connectivity index (χ3n) is 3.99. The summed E-state index contributed by atoms with van der Waals surface area (Å²) in [6.07, 6.45) is 2.00. The van der Waals surface area contributed by atoms with Gasteiger partial charge < -0.3 is 14.8 Å². The maximum Gasteiger partial charge on any atom is 0.338 e. The molecule has 1 amide bonds. The number of benzene rings is 2. The number of aryl methyl sites for hydroxylation is 1. The number of ether oxygens (including phenoxy) is 2. The minimum atomic E-state index is -0.516. The molecule has 2 aromatic rings. The Kier molecular flexibility index (Phi) is 6.55. The highest BCUT2D eigenvalue weighted by Gasteiger charge is 2.23. The van der Waals surface area contributed by atoms with Crippen molar-refractivity contribution in [3.05, 3.63) is 62.0 Å². The van der Waals surface area contributed by atoms with Crippen LogP contribution >= 0.6 is 31.9 Å². The Labute approximate surface area is 174 Å². The number of amides is 1. The van der Waals surface area contributed by atoms with Gasteiger partial charge in [0.05, 0.1) is 14.5 Å². The molecule has 2 aromatic carbocycles. The Morgan fingerprint density at radius 1 is 1.11 bits per heavy atom. The molecule has 27 heavy (non-hydrogen) atoms. The van der Waals surface area contributed by atoms with Crippen LogP contribution in [-0.2, 0) is 16.1 Å². The van der Waals surface area contributed by atoms with Crippen LogP contribution in [-0.4, -0.2) is 24.5 Å². The fourth-order valence-electron chi connectivity index (χ4n) is 2.43. The van der Waals surface area contributed by atoms with E-state index < -0.39 is 5.97 Å². The lowest BCUT2D eigenvalue weighted by Gasteiger charge is -2.11. The third kappa shape index (κ3) is 5.81. The molecular weight excluding hydrogens is 478 g/mol. The molecule has 0 heterocycles. The van der Waals surface area contributed by atoms with Crippen molar-refractivity contribution in [1.29, 1.82) is 0 Å². The van der Waals surface area contributed by atoms with Gasteiger partial charge in [-0.1, -0.05) is 12.1 Å². The predicted molar refractivity (Wildman–Crippen MR) is 109 cm³/mol. The lowest BCUT2D eigenvalue weighted by molar-refractivity contribution is -0.124. The van der Waals surface area contributed by atoms with Crippen molar-refractivity contribution in [3.8, 4) is 5.75 Å². The van der Waals surface area contributed by atoms with Crippen LogP contribution in [0.25, 0.3) is 0 Å². The Balaban J connectivity index is 1.52. The molecule has 0 aliphatic heterocycles. The predicted octanol–water partition coefficient (Wildman–Crippen LogP) is 4.53. The van der Waals surface area contributed by atoms with E-state index in [-0.39, 0.29) is 18.6 Å². The number of hydrogen-bond donors (Lipinski definition) is 1. The molecule has 1 aliphatic rings. The normalized spacial score (nSPS) is 13.1. The Hall–Kier alpha value is -1.86. The molecule has 0 bridgehead atoms. The molecule has 0 atom stereocenters. The van der Waals surface area contributed by atoms with E-state index in [0.29, 0.717) is 12.2 Å². The van der Waals surface area contributed by atoms with Crippen molar-refractivity contribution in [3.63, 3.8) is 0 Å². The Bertz CT molecular complexity index is 825. The smallest absolute Gasteiger partial charge is 0.338 e. The average Bonchev–Trinajstić information content (AvgIpc) is 3.43. The fourth-order valence-corrected chi connectivity index (χ4v) is 4.07. The van der Waals surface area contributed by atoms with Gasteiger partial charge >= 0.3 is 5.97 Å². The minimum Gasteiger partial charge on any atom is -0.487 e. The summed E-state index contributed by atoms with van der Waals surface area (Å²) in [5, 5.41) is 2.77. The van der Waals surface area contributed by atoms with E-state index in [0.717, 1.165) is 38.7 Å². The van der Waals surface area contributed by atoms with Gasteiger partial charge in [-0.25, -0.2) is 4.79 Å². The second-order valence-corrected chi connectivity index (χ2v) is 8.17. The van der Waals surface area contributed by atoms with Gasteiger partial charge in [-0.15, -0.1) is 0 Å². The van der Waals surface area contributed by atoms with Crippen LogP contribution in [0.3, 0.4) is 0 Å². The van der Waals surface area contributed by atoms with Gasteiger partial charge in [-0.3, -0.25) is 4.79 Å². The maximum atomic E-state index is 12.0. The van der Waals surface area contributed by atoms with Gasteiger partial charge in [0, 0.05) is 6.04 Å². The molecule has 1 N–H and O–H groups in total. The molecule has 5 nitrogen and oxygen atoms in total. The van der Waals surface area contributed by atoms with Crippen LogP contribution in [0.5, 0.6) is 5.75 Å². The first kappa shape index (κ1) is 19.9. The molecule has 1 aliphatic carbocycles. The van der Waals surface area contributed by atoms with E-state index in [2.05, 4.69) is 37.2 Å². The van der Waals surface area contributed by atoms with Gasteiger partial charge in [0.15, 0.2) is 6.61 Å². The number of carbonyl (C=O) groups excluding carboxylic acids is 2. The number of halogens is 2. The highest BCUT2D eigenvalue weighted by molar-refractivity contribution is 9.11. The van der Waals surface area contributed by atoms with Crippen molar-refractivity contribution in [1.82, 2.24) is 5.32 Å². The van der Waals surface area contributed by atoms with Crippen molar-refractivity contribution in [2.75, 3.05) is 6.61 Å². The van der Waals surface area contributed by atoms with Gasteiger partial charge in [-0.2, -0.15) is 0 Å². The number of hydrogen-bond acceptors (Lipinski definition) is 4. The summed E-state index contributed by atoms with van der Waals surface area (Å²) in [5.74, 6) is -0.0479. The lowest BCUT2D eigenvalue weighted by Crippen LogP contribution is -2.30. The zero-order valence-electron chi connectivity index (χ0n) is 14.8. The fraction of sp³-hybridized carbons (Fsp3) is 0.300. The number of nitrogens with one attached hydrogen (secondary N) is 1. The van der Waals surface area contributed by atoms with Crippen LogP contribution in [0.4, 0.5) is 0 Å². The van der Waals surface area contributed by atoms with Gasteiger partial charge in [0.25, 0.3) is 5.91 Å². The molecular formula is C20H19Br2NO4. The minimum absolute atomic E-state index is 0.254. The van der Waals surface area contributed by atoms with Crippen LogP contribution in [0, 0.1) is 6.92 Å². The van der Waals surface area contributed by atoms with E-state index in [4.69, 9.17) is 9.47 Å². The molecule has 0 spiro atoms. The van der Waals surface area contributed by atoms with E-state index in [9.17, 15) is 9.59 Å². The summed E-state index contributed by atoms with van der Waals surface area (Å²) in [4.78, 5) is 23.6. The summed E-state index contributed by atoms with van der Waals surface area (Å²) in [5.41, 5.74) is 2.43. The van der Waals surface area contributed by atoms with Crippen molar-refractivity contribution in [2.45, 2.75) is 32.4 Å². The van der Waals surface area contributed by atoms with Crippen LogP contribution in [0.1, 0.15) is 34.3 Å². The largest absolute Gasteiger partial charge is 0.487 e. The van der Waals surface area contributed by atoms with Crippen LogP contribution < -0.4 is 10.1 Å². The van der Waals surface area contributed by atoms with Crippen molar-refractivity contribution >= 4 is 43.7 Å². The average molecular weight is 497 g/mol. The van der Waals surface area contributed by atoms with E-state index in [1.54, 1.807) is 24.3 Å². The molecule has 0 unspecified atom stereocenters. The zero-order chi connectivity index (χ0) is 19.4. The summed E-state index contributed by atoms with van der Waals surface area (Å²) in [6.45, 7) is 2.11. The SMILES string of the molecule is Cc1cc(Br)c(OCc2ccc(C(=O)OCC(=O)NC3CC3)cc2)c(Br)c1. The Morgan fingerprint density at radius 2 is 1.74 bits per heavy atom. The van der Waals surface area contributed by atoms with E-state index in [1.165, 1.54) is 0 Å². The first-order valence-corrected chi connectivity index (χ1v) is 10.1. The summed E-state index contributed by atoms with van der Waals surface area (Å²) in [7, 11) is 0. The quantitative estimate of drug-likeness (QED) is 0.572. The standard InChI is InChI=1S/C20H19Br2NO4/c1-12-8-16(21)19(17(22)9-12)26-10-13-2-4-14(5-3-13)20(25)27-11-18(24)23-15-6-7-15/h2-5,8-9,15H,6-7,10-11H2,1H3,(H,23,24). The number of rotatable bonds is 7. The second kappa shape index (κ2) is 8.89. The molecule has 1 saturated carbocycles. The lowest BCUT2D eigenvalue weighted by atomic mass is 10.1. The first-order valence-electron chi connectivity index (χ1n) is 8.56.